The number of sulfonamides is 1. The Bertz CT molecular complexity index is 1580. The highest BCUT2D eigenvalue weighted by Gasteiger charge is 2.48. The zero-order valence-corrected chi connectivity index (χ0v) is 24.5. The van der Waals surface area contributed by atoms with Gasteiger partial charge in [0.1, 0.15) is 17.0 Å². The molecule has 0 amide bonds. The maximum atomic E-state index is 12.9. The second-order valence-corrected chi connectivity index (χ2v) is 15.2. The van der Waals surface area contributed by atoms with Crippen molar-refractivity contribution in [3.05, 3.63) is 52.7 Å². The molecule has 41 heavy (non-hydrogen) atoms. The second-order valence-electron chi connectivity index (χ2n) is 12.1. The van der Waals surface area contributed by atoms with E-state index in [0.29, 0.717) is 42.1 Å². The third kappa shape index (κ3) is 5.68. The van der Waals surface area contributed by atoms with E-state index < -0.39 is 28.0 Å². The Hall–Kier alpha value is -2.75. The third-order valence-electron chi connectivity index (χ3n) is 9.21. The van der Waals surface area contributed by atoms with E-state index in [9.17, 15) is 26.9 Å². The summed E-state index contributed by atoms with van der Waals surface area (Å²) in [6.45, 7) is 2.41. The molecule has 2 saturated heterocycles. The van der Waals surface area contributed by atoms with Crippen LogP contribution in [0.2, 0.25) is 0 Å². The zero-order chi connectivity index (χ0) is 29.0. The molecule has 0 N–H and O–H groups in total. The fraction of sp³-hybridized carbons (Fsp3) is 0.552. The summed E-state index contributed by atoms with van der Waals surface area (Å²) in [5.41, 5.74) is 1.75. The first-order valence-electron chi connectivity index (χ1n) is 13.9. The molecule has 3 fully saturated rings. The van der Waals surface area contributed by atoms with Crippen molar-refractivity contribution >= 4 is 37.4 Å². The molecule has 2 aliphatic heterocycles. The van der Waals surface area contributed by atoms with Gasteiger partial charge in [0.2, 0.25) is 10.0 Å². The number of thiophene rings is 1. The van der Waals surface area contributed by atoms with Crippen LogP contribution in [0.3, 0.4) is 0 Å². The van der Waals surface area contributed by atoms with E-state index in [1.807, 2.05) is 12.1 Å². The van der Waals surface area contributed by atoms with E-state index >= 15 is 0 Å². The number of nitrogens with zero attached hydrogens (tertiary/aromatic N) is 5. The number of anilines is 1. The lowest BCUT2D eigenvalue weighted by Gasteiger charge is -2.45. The number of hydrogen-bond donors (Lipinski definition) is 0. The summed E-state index contributed by atoms with van der Waals surface area (Å²) in [6.07, 6.45) is 2.67. The lowest BCUT2D eigenvalue weighted by molar-refractivity contribution is -0.126. The number of benzene rings is 1. The number of piperidine rings is 1. The second kappa shape index (κ2) is 10.2. The Balaban J connectivity index is 1.06. The molecular formula is C29H32F3N5O2S2. The Morgan fingerprint density at radius 3 is 2.44 bits per heavy atom. The van der Waals surface area contributed by atoms with Crippen molar-refractivity contribution in [1.82, 2.24) is 14.3 Å². The molecule has 7 nitrogen and oxygen atoms in total. The molecule has 3 aliphatic rings. The highest BCUT2D eigenvalue weighted by Crippen LogP contribution is 2.53. The molecule has 12 heteroatoms. The first-order chi connectivity index (χ1) is 19.4. The highest BCUT2D eigenvalue weighted by atomic mass is 32.2. The molecule has 6 rings (SSSR count). The summed E-state index contributed by atoms with van der Waals surface area (Å²) >= 11 is 1.09. The van der Waals surface area contributed by atoms with Gasteiger partial charge in [-0.05, 0) is 67.1 Å². The first-order valence-corrected chi connectivity index (χ1v) is 16.5. The Morgan fingerprint density at radius 2 is 1.80 bits per heavy atom. The SMILES string of the molecule is CS(=O)(=O)N1CCC(C#N)(c2ccc(CC3CC4(CCN(c5ncnc6sc(CC(F)(F)F)cc56)C4)C3)cc2)CC1. The molecule has 0 atom stereocenters. The molecule has 0 unspecified atom stereocenters. The largest absolute Gasteiger partial charge is 0.393 e. The van der Waals surface area contributed by atoms with Gasteiger partial charge in [-0.15, -0.1) is 11.3 Å². The van der Waals surface area contributed by atoms with Gasteiger partial charge in [-0.3, -0.25) is 0 Å². The van der Waals surface area contributed by atoms with Crippen molar-refractivity contribution in [3.8, 4) is 6.07 Å². The molecule has 3 aromatic rings. The van der Waals surface area contributed by atoms with Gasteiger partial charge < -0.3 is 4.90 Å². The highest BCUT2D eigenvalue weighted by molar-refractivity contribution is 7.88. The van der Waals surface area contributed by atoms with Gasteiger partial charge >= 0.3 is 6.18 Å². The topological polar surface area (TPSA) is 90.2 Å². The summed E-state index contributed by atoms with van der Waals surface area (Å²) in [5.74, 6) is 1.30. The maximum absolute atomic E-state index is 12.9. The fourth-order valence-electron chi connectivity index (χ4n) is 7.15. The number of hydrogen-bond acceptors (Lipinski definition) is 7. The van der Waals surface area contributed by atoms with Crippen molar-refractivity contribution in [2.75, 3.05) is 37.3 Å². The quantitative estimate of drug-likeness (QED) is 0.372. The van der Waals surface area contributed by atoms with Gasteiger partial charge in [0.25, 0.3) is 0 Å². The molecule has 1 spiro atoms. The summed E-state index contributed by atoms with van der Waals surface area (Å²) in [4.78, 5) is 11.8. The molecule has 2 aromatic heterocycles. The molecule has 1 aromatic carbocycles. The lowest BCUT2D eigenvalue weighted by Crippen LogP contribution is -2.44. The van der Waals surface area contributed by atoms with Crippen LogP contribution < -0.4 is 4.90 Å². The molecular weight excluding hydrogens is 571 g/mol. The molecule has 0 radical (unpaired) electrons. The number of aromatic nitrogens is 2. The Morgan fingerprint density at radius 1 is 1.10 bits per heavy atom. The van der Waals surface area contributed by atoms with E-state index in [1.165, 1.54) is 22.5 Å². The van der Waals surface area contributed by atoms with Gasteiger partial charge in [-0.2, -0.15) is 18.4 Å². The van der Waals surface area contributed by atoms with Crippen LogP contribution in [0.25, 0.3) is 10.2 Å². The molecule has 218 valence electrons. The predicted molar refractivity (Wildman–Crippen MR) is 152 cm³/mol. The minimum Gasteiger partial charge on any atom is -0.355 e. The van der Waals surface area contributed by atoms with Crippen LogP contribution in [0.4, 0.5) is 19.0 Å². The average molecular weight is 604 g/mol. The number of fused-ring (bicyclic) bond motifs is 1. The van der Waals surface area contributed by atoms with Gasteiger partial charge in [0.05, 0.1) is 29.5 Å². The number of halogens is 3. The fourth-order valence-corrected chi connectivity index (χ4v) is 9.01. The van der Waals surface area contributed by atoms with Crippen LogP contribution in [0.1, 0.15) is 48.1 Å². The number of nitriles is 1. The van der Waals surface area contributed by atoms with E-state index in [1.54, 1.807) is 6.07 Å². The Labute approximate surface area is 242 Å². The van der Waals surface area contributed by atoms with Crippen LogP contribution in [0.15, 0.2) is 36.7 Å². The van der Waals surface area contributed by atoms with Gasteiger partial charge in [-0.1, -0.05) is 24.3 Å². The summed E-state index contributed by atoms with van der Waals surface area (Å²) in [5, 5.41) is 10.7. The van der Waals surface area contributed by atoms with E-state index in [-0.39, 0.29) is 10.3 Å². The monoisotopic (exact) mass is 603 g/mol. The van der Waals surface area contributed by atoms with E-state index in [0.717, 1.165) is 61.5 Å². The van der Waals surface area contributed by atoms with Crippen LogP contribution in [-0.2, 0) is 28.3 Å². The van der Waals surface area contributed by atoms with Crippen LogP contribution in [-0.4, -0.2) is 61.3 Å². The number of rotatable bonds is 6. The molecule has 0 bridgehead atoms. The van der Waals surface area contributed by atoms with Crippen LogP contribution in [0, 0.1) is 22.7 Å². The summed E-state index contributed by atoms with van der Waals surface area (Å²) in [6, 6.07) is 12.4. The van der Waals surface area contributed by atoms with E-state index in [4.69, 9.17) is 0 Å². The lowest BCUT2D eigenvalue weighted by atomic mass is 9.60. The molecule has 1 aliphatic carbocycles. The Kier molecular flexibility index (Phi) is 7.06. The first kappa shape index (κ1) is 28.4. The summed E-state index contributed by atoms with van der Waals surface area (Å²) in [7, 11) is -3.25. The van der Waals surface area contributed by atoms with Crippen molar-refractivity contribution in [3.63, 3.8) is 0 Å². The van der Waals surface area contributed by atoms with Crippen molar-refractivity contribution in [1.29, 1.82) is 5.26 Å². The molecule has 4 heterocycles. The van der Waals surface area contributed by atoms with Crippen molar-refractivity contribution < 1.29 is 21.6 Å². The zero-order valence-electron chi connectivity index (χ0n) is 22.8. The van der Waals surface area contributed by atoms with Gasteiger partial charge in [0.15, 0.2) is 0 Å². The van der Waals surface area contributed by atoms with Crippen LogP contribution in [0.5, 0.6) is 0 Å². The smallest absolute Gasteiger partial charge is 0.355 e. The molecule has 1 saturated carbocycles. The van der Waals surface area contributed by atoms with Crippen LogP contribution >= 0.6 is 11.3 Å². The van der Waals surface area contributed by atoms with Crippen molar-refractivity contribution in [2.45, 2.75) is 56.5 Å². The van der Waals surface area contributed by atoms with Crippen molar-refractivity contribution in [2.24, 2.45) is 11.3 Å². The minimum absolute atomic E-state index is 0.213. The normalized spacial score (nSPS) is 25.0. The predicted octanol–water partition coefficient (Wildman–Crippen LogP) is 5.46. The summed E-state index contributed by atoms with van der Waals surface area (Å²) < 4.78 is 64.0. The third-order valence-corrected chi connectivity index (χ3v) is 11.6. The van der Waals surface area contributed by atoms with Gasteiger partial charge in [-0.25, -0.2) is 22.7 Å². The van der Waals surface area contributed by atoms with Gasteiger partial charge in [0, 0.05) is 31.1 Å². The maximum Gasteiger partial charge on any atom is 0.393 e. The average Bonchev–Trinajstić information content (AvgIpc) is 3.51. The minimum atomic E-state index is -4.25. The standard InChI is InChI=1S/C29H32F3N5O2S2/c1-41(38,39)37-10-7-28(17-33,8-11-37)22-4-2-20(3-5-22)12-21-14-27(15-21)6-9-36(18-27)25-24-13-23(16-29(30,31)32)40-26(24)35-19-34-25/h2-5,13,19,21H,6-12,14-16,18H2,1H3. The number of alkyl halides is 3. The van der Waals surface area contributed by atoms with E-state index in [2.05, 4.69) is 33.1 Å².